The third-order valence-corrected chi connectivity index (χ3v) is 5.51. The monoisotopic (exact) mass is 409 g/mol. The van der Waals surface area contributed by atoms with Crippen LogP contribution in [0.15, 0.2) is 68.5 Å². The van der Waals surface area contributed by atoms with E-state index in [9.17, 15) is 8.78 Å². The maximum Gasteiger partial charge on any atom is 0.265 e. The zero-order valence-electron chi connectivity index (χ0n) is 15.8. The summed E-state index contributed by atoms with van der Waals surface area (Å²) in [6.07, 6.45) is 2.27. The smallest absolute Gasteiger partial charge is 0.265 e. The fourth-order valence-corrected chi connectivity index (χ4v) is 3.91. The first kappa shape index (κ1) is 18.7. The zero-order valence-corrected chi connectivity index (χ0v) is 15.8. The van der Waals surface area contributed by atoms with E-state index in [1.165, 1.54) is 18.3 Å². The highest BCUT2D eigenvalue weighted by Gasteiger charge is 2.49. The molecule has 2 aliphatic rings. The molecular formula is C21H17F2N5O2. The largest absolute Gasteiger partial charge is 0.374 e. The lowest BCUT2D eigenvalue weighted by Gasteiger charge is -2.34. The van der Waals surface area contributed by atoms with Gasteiger partial charge >= 0.3 is 0 Å². The molecule has 5 rings (SSSR count). The topological polar surface area (TPSA) is 85.2 Å². The molecule has 3 aromatic rings. The van der Waals surface area contributed by atoms with Crippen molar-refractivity contribution in [3.63, 3.8) is 0 Å². The molecule has 2 aromatic carbocycles. The number of ether oxygens (including phenoxy) is 1. The Morgan fingerprint density at radius 3 is 2.47 bits per heavy atom. The maximum atomic E-state index is 14.1. The number of hydrogen-bond donors (Lipinski definition) is 0. The first-order chi connectivity index (χ1) is 14.7. The fourth-order valence-electron chi connectivity index (χ4n) is 3.91. The molecule has 0 spiro atoms. The third-order valence-electron chi connectivity index (χ3n) is 5.51. The number of hydrogen-bond acceptors (Lipinski definition) is 7. The van der Waals surface area contributed by atoms with Crippen LogP contribution < -0.4 is 0 Å². The number of rotatable bonds is 4. The van der Waals surface area contributed by atoms with Gasteiger partial charge in [-0.1, -0.05) is 35.5 Å². The Bertz CT molecular complexity index is 1110. The Hall–Kier alpha value is -3.33. The predicted octanol–water partition coefficient (Wildman–Crippen LogP) is 4.62. The molecule has 30 heavy (non-hydrogen) atoms. The summed E-state index contributed by atoms with van der Waals surface area (Å²) in [5.74, 6) is -0.528. The average molecular weight is 409 g/mol. The molecule has 3 heterocycles. The fraction of sp³-hybridized carbons (Fsp3) is 0.286. The van der Waals surface area contributed by atoms with Crippen LogP contribution in [0.3, 0.4) is 0 Å². The molecule has 1 fully saturated rings. The Morgan fingerprint density at radius 1 is 0.967 bits per heavy atom. The zero-order chi connectivity index (χ0) is 20.6. The molecule has 0 amide bonds. The first-order valence-electron chi connectivity index (χ1n) is 9.59. The van der Waals surface area contributed by atoms with E-state index in [2.05, 4.69) is 25.6 Å². The summed E-state index contributed by atoms with van der Waals surface area (Å²) in [5.41, 5.74) is -0.332. The second kappa shape index (κ2) is 7.49. The summed E-state index contributed by atoms with van der Waals surface area (Å²) in [4.78, 5) is 4.36. The van der Waals surface area contributed by atoms with Crippen LogP contribution in [0.5, 0.6) is 0 Å². The van der Waals surface area contributed by atoms with Crippen molar-refractivity contribution in [3.8, 4) is 11.4 Å². The molecule has 0 aliphatic carbocycles. The standard InChI is InChI=1S/C21H17F2N5O2/c22-16-7-3-1-5-14(16)13-9-10-18(29-11-13)21(12-24-28-27-21)20-25-19(26-30-20)15-6-2-4-8-17(15)23/h1-8,12-13,18H,9-11H2. The molecule has 0 saturated carbocycles. The predicted molar refractivity (Wildman–Crippen MR) is 103 cm³/mol. The van der Waals surface area contributed by atoms with Gasteiger partial charge in [0, 0.05) is 5.92 Å². The van der Waals surface area contributed by atoms with E-state index in [1.807, 2.05) is 6.07 Å². The molecule has 9 heteroatoms. The van der Waals surface area contributed by atoms with Gasteiger partial charge in [-0.15, -0.1) is 10.2 Å². The average Bonchev–Trinajstić information content (AvgIpc) is 3.45. The van der Waals surface area contributed by atoms with Crippen molar-refractivity contribution < 1.29 is 18.0 Å². The van der Waals surface area contributed by atoms with E-state index in [0.717, 1.165) is 0 Å². The van der Waals surface area contributed by atoms with Crippen molar-refractivity contribution in [3.05, 3.63) is 71.6 Å². The van der Waals surface area contributed by atoms with Crippen LogP contribution in [0.2, 0.25) is 0 Å². The summed E-state index contributed by atoms with van der Waals surface area (Å²) in [5, 5.41) is 15.7. The SMILES string of the molecule is Fc1ccccc1-c1noc(C2(C3CCC(c4ccccc4F)CO3)C=NN=N2)n1. The van der Waals surface area contributed by atoms with Gasteiger partial charge in [0.2, 0.25) is 11.4 Å². The van der Waals surface area contributed by atoms with Crippen molar-refractivity contribution in [2.45, 2.75) is 30.4 Å². The first-order valence-corrected chi connectivity index (χ1v) is 9.59. The van der Waals surface area contributed by atoms with Crippen LogP contribution in [0.25, 0.3) is 11.4 Å². The van der Waals surface area contributed by atoms with Gasteiger partial charge in [-0.2, -0.15) is 4.98 Å². The second-order valence-electron chi connectivity index (χ2n) is 7.28. The summed E-state index contributed by atoms with van der Waals surface area (Å²) in [7, 11) is 0. The van der Waals surface area contributed by atoms with Gasteiger partial charge in [-0.3, -0.25) is 0 Å². The third kappa shape index (κ3) is 3.11. The minimum absolute atomic E-state index is 0.0635. The summed E-state index contributed by atoms with van der Waals surface area (Å²) < 4.78 is 39.7. The van der Waals surface area contributed by atoms with Crippen LogP contribution in [0.4, 0.5) is 8.78 Å². The molecule has 152 valence electrons. The van der Waals surface area contributed by atoms with Gasteiger partial charge in [0.1, 0.15) is 11.6 Å². The summed E-state index contributed by atoms with van der Waals surface area (Å²) >= 11 is 0. The number of halogens is 2. The Balaban J connectivity index is 1.40. The lowest BCUT2D eigenvalue weighted by molar-refractivity contribution is -0.0316. The van der Waals surface area contributed by atoms with E-state index in [0.29, 0.717) is 25.0 Å². The van der Waals surface area contributed by atoms with Crippen molar-refractivity contribution in [2.75, 3.05) is 6.61 Å². The van der Waals surface area contributed by atoms with Crippen LogP contribution in [-0.4, -0.2) is 29.1 Å². The summed E-state index contributed by atoms with van der Waals surface area (Å²) in [6.45, 7) is 0.311. The van der Waals surface area contributed by atoms with Crippen molar-refractivity contribution in [2.24, 2.45) is 15.4 Å². The highest BCUT2D eigenvalue weighted by Crippen LogP contribution is 2.40. The van der Waals surface area contributed by atoms with Gasteiger partial charge in [-0.25, -0.2) is 8.78 Å². The summed E-state index contributed by atoms with van der Waals surface area (Å²) in [6, 6.07) is 12.9. The minimum atomic E-state index is -1.18. The molecule has 0 radical (unpaired) electrons. The molecule has 3 unspecified atom stereocenters. The number of aromatic nitrogens is 2. The van der Waals surface area contributed by atoms with E-state index < -0.39 is 17.5 Å². The Kier molecular flexibility index (Phi) is 4.66. The molecule has 1 aromatic heterocycles. The van der Waals surface area contributed by atoms with Crippen LogP contribution in [0, 0.1) is 11.6 Å². The van der Waals surface area contributed by atoms with E-state index in [4.69, 9.17) is 9.26 Å². The second-order valence-corrected chi connectivity index (χ2v) is 7.28. The van der Waals surface area contributed by atoms with Crippen LogP contribution in [-0.2, 0) is 10.3 Å². The highest BCUT2D eigenvalue weighted by atomic mass is 19.1. The minimum Gasteiger partial charge on any atom is -0.374 e. The lowest BCUT2D eigenvalue weighted by atomic mass is 9.84. The molecule has 0 N–H and O–H groups in total. The van der Waals surface area contributed by atoms with Crippen molar-refractivity contribution in [1.82, 2.24) is 10.1 Å². The Labute approximate surface area is 170 Å². The molecule has 2 aliphatic heterocycles. The Morgan fingerprint density at radius 2 is 1.77 bits per heavy atom. The maximum absolute atomic E-state index is 14.1. The van der Waals surface area contributed by atoms with Crippen molar-refractivity contribution >= 4 is 6.21 Å². The normalized spacial score (nSPS) is 25.7. The van der Waals surface area contributed by atoms with E-state index in [-0.39, 0.29) is 29.0 Å². The van der Waals surface area contributed by atoms with Crippen molar-refractivity contribution in [1.29, 1.82) is 0 Å². The van der Waals surface area contributed by atoms with Gasteiger partial charge in [-0.05, 0) is 41.8 Å². The highest BCUT2D eigenvalue weighted by molar-refractivity contribution is 5.73. The van der Waals surface area contributed by atoms with Gasteiger partial charge < -0.3 is 9.26 Å². The molecule has 3 atom stereocenters. The van der Waals surface area contributed by atoms with Crippen LogP contribution in [0.1, 0.15) is 30.2 Å². The van der Waals surface area contributed by atoms with E-state index in [1.54, 1.807) is 30.3 Å². The van der Waals surface area contributed by atoms with Gasteiger partial charge in [0.15, 0.2) is 0 Å². The molecular weight excluding hydrogens is 392 g/mol. The van der Waals surface area contributed by atoms with Gasteiger partial charge in [0.05, 0.1) is 24.5 Å². The van der Waals surface area contributed by atoms with E-state index >= 15 is 0 Å². The number of benzene rings is 2. The van der Waals surface area contributed by atoms with Crippen LogP contribution >= 0.6 is 0 Å². The quantitative estimate of drug-likeness (QED) is 0.629. The number of nitrogens with zero attached hydrogens (tertiary/aromatic N) is 5. The molecule has 7 nitrogen and oxygen atoms in total. The lowest BCUT2D eigenvalue weighted by Crippen LogP contribution is -2.43. The van der Waals surface area contributed by atoms with Gasteiger partial charge in [0.25, 0.3) is 5.89 Å². The molecule has 0 bridgehead atoms. The molecule has 1 saturated heterocycles.